The second-order valence-corrected chi connectivity index (χ2v) is 8.58. The molecule has 3 heterocycles. The summed E-state index contributed by atoms with van der Waals surface area (Å²) >= 11 is 0. The van der Waals surface area contributed by atoms with Crippen LogP contribution >= 0.6 is 0 Å². The summed E-state index contributed by atoms with van der Waals surface area (Å²) in [5.74, 6) is 0. The molecule has 3 aromatic heterocycles. The standard InChI is InChI=1S/C31H20N4/c1-4-12-21(13-5-1)25-20-35-30-24(25)18-10-11-19-26(30)32-29-27(22-14-6-2-7-15-22)33-34-28(31(29)35)23-16-8-3-9-17-23/h1-20H. The van der Waals surface area contributed by atoms with Gasteiger partial charge in [0.05, 0.1) is 11.2 Å². The fraction of sp³-hybridized carbons (Fsp3) is 0. The van der Waals surface area contributed by atoms with Crippen molar-refractivity contribution in [2.24, 2.45) is 0 Å². The summed E-state index contributed by atoms with van der Waals surface area (Å²) in [5, 5.41) is 9.46. The Kier molecular flexibility index (Phi) is 4.42. The van der Waals surface area contributed by atoms with Crippen LogP contribution in [0.5, 0.6) is 0 Å². The zero-order valence-corrected chi connectivity index (χ0v) is 18.8. The lowest BCUT2D eigenvalue weighted by molar-refractivity contribution is 1.04. The number of allylic oxidation sites excluding steroid dienone is 2. The van der Waals surface area contributed by atoms with Crippen LogP contribution in [0.15, 0.2) is 109 Å². The Bertz CT molecular complexity index is 1760. The Balaban J connectivity index is 1.68. The molecule has 6 aromatic rings. The summed E-state index contributed by atoms with van der Waals surface area (Å²) in [6, 6.07) is 30.9. The molecule has 0 N–H and O–H groups in total. The van der Waals surface area contributed by atoms with Crippen LogP contribution in [0.3, 0.4) is 0 Å². The quantitative estimate of drug-likeness (QED) is 0.285. The van der Waals surface area contributed by atoms with Crippen LogP contribution in [0.1, 0.15) is 11.3 Å². The third-order valence-corrected chi connectivity index (χ3v) is 6.49. The van der Waals surface area contributed by atoms with Gasteiger partial charge in [-0.25, -0.2) is 4.98 Å². The maximum absolute atomic E-state index is 5.21. The van der Waals surface area contributed by atoms with Gasteiger partial charge in [-0.1, -0.05) is 109 Å². The van der Waals surface area contributed by atoms with Crippen LogP contribution in [0.4, 0.5) is 0 Å². The first-order valence-corrected chi connectivity index (χ1v) is 11.6. The number of aromatic nitrogens is 4. The number of nitrogens with zero attached hydrogens (tertiary/aromatic N) is 4. The van der Waals surface area contributed by atoms with Crippen LogP contribution in [-0.4, -0.2) is 19.6 Å². The van der Waals surface area contributed by atoms with Crippen molar-refractivity contribution < 1.29 is 0 Å². The van der Waals surface area contributed by atoms with Gasteiger partial charge in [0.1, 0.15) is 22.4 Å². The van der Waals surface area contributed by atoms with Crippen molar-refractivity contribution in [3.05, 3.63) is 121 Å². The van der Waals surface area contributed by atoms with Gasteiger partial charge >= 0.3 is 0 Å². The van der Waals surface area contributed by atoms with E-state index < -0.39 is 0 Å². The largest absolute Gasteiger partial charge is 0.310 e. The Morgan fingerprint density at radius 1 is 0.543 bits per heavy atom. The van der Waals surface area contributed by atoms with Crippen molar-refractivity contribution in [1.82, 2.24) is 19.6 Å². The van der Waals surface area contributed by atoms with E-state index in [0.29, 0.717) is 0 Å². The minimum Gasteiger partial charge on any atom is -0.310 e. The van der Waals surface area contributed by atoms with Crippen molar-refractivity contribution in [2.75, 3.05) is 0 Å². The van der Waals surface area contributed by atoms with E-state index in [2.05, 4.69) is 83.4 Å². The molecule has 35 heavy (non-hydrogen) atoms. The van der Waals surface area contributed by atoms with Crippen LogP contribution in [0.2, 0.25) is 0 Å². The van der Waals surface area contributed by atoms with Crippen molar-refractivity contribution in [3.63, 3.8) is 0 Å². The first-order chi connectivity index (χ1) is 17.4. The predicted molar refractivity (Wildman–Crippen MR) is 143 cm³/mol. The van der Waals surface area contributed by atoms with Crippen LogP contribution < -0.4 is 0 Å². The summed E-state index contributed by atoms with van der Waals surface area (Å²) < 4.78 is 2.26. The monoisotopic (exact) mass is 448 g/mol. The molecule has 0 aliphatic heterocycles. The molecule has 0 saturated heterocycles. The van der Waals surface area contributed by atoms with E-state index in [0.717, 1.165) is 55.9 Å². The second kappa shape index (κ2) is 7.89. The van der Waals surface area contributed by atoms with E-state index >= 15 is 0 Å². The smallest absolute Gasteiger partial charge is 0.121 e. The van der Waals surface area contributed by atoms with Gasteiger partial charge in [0.15, 0.2) is 0 Å². The summed E-state index contributed by atoms with van der Waals surface area (Å²) in [5.41, 5.74) is 10.9. The van der Waals surface area contributed by atoms with Gasteiger partial charge in [-0.3, -0.25) is 0 Å². The van der Waals surface area contributed by atoms with Gasteiger partial charge < -0.3 is 4.40 Å². The number of rotatable bonds is 3. The van der Waals surface area contributed by atoms with Gasteiger partial charge in [0.25, 0.3) is 0 Å². The maximum Gasteiger partial charge on any atom is 0.121 e. The molecule has 0 bridgehead atoms. The highest BCUT2D eigenvalue weighted by atomic mass is 15.1. The molecule has 0 unspecified atom stereocenters. The van der Waals surface area contributed by atoms with E-state index in [1.54, 1.807) is 0 Å². The molecule has 0 fully saturated rings. The van der Waals surface area contributed by atoms with E-state index in [9.17, 15) is 0 Å². The fourth-order valence-electron chi connectivity index (χ4n) is 4.90. The lowest BCUT2D eigenvalue weighted by atomic mass is 10.0. The number of benzene rings is 3. The van der Waals surface area contributed by atoms with Crippen molar-refractivity contribution >= 4 is 28.7 Å². The first kappa shape index (κ1) is 19.6. The summed E-state index contributed by atoms with van der Waals surface area (Å²) in [6.45, 7) is 0. The molecule has 0 spiro atoms. The molecule has 4 nitrogen and oxygen atoms in total. The van der Waals surface area contributed by atoms with Crippen molar-refractivity contribution in [2.45, 2.75) is 0 Å². The minimum atomic E-state index is 0.778. The molecule has 164 valence electrons. The third-order valence-electron chi connectivity index (χ3n) is 6.49. The van der Waals surface area contributed by atoms with Crippen molar-refractivity contribution in [3.8, 4) is 33.6 Å². The topological polar surface area (TPSA) is 43.1 Å². The predicted octanol–water partition coefficient (Wildman–Crippen LogP) is 7.32. The van der Waals surface area contributed by atoms with E-state index in [-0.39, 0.29) is 0 Å². The lowest BCUT2D eigenvalue weighted by Gasteiger charge is -2.13. The molecule has 7 rings (SSSR count). The Labute approximate surface area is 202 Å². The van der Waals surface area contributed by atoms with Crippen LogP contribution in [-0.2, 0) is 0 Å². The highest BCUT2D eigenvalue weighted by Gasteiger charge is 2.22. The molecule has 0 saturated carbocycles. The number of fused-ring (bicyclic) bond motifs is 2. The van der Waals surface area contributed by atoms with Gasteiger partial charge in [-0.15, -0.1) is 10.2 Å². The summed E-state index contributed by atoms with van der Waals surface area (Å²) in [4.78, 5) is 5.21. The zero-order chi connectivity index (χ0) is 23.2. The average Bonchev–Trinajstić information content (AvgIpc) is 3.18. The van der Waals surface area contributed by atoms with Crippen molar-refractivity contribution in [1.29, 1.82) is 0 Å². The lowest BCUT2D eigenvalue weighted by Crippen LogP contribution is -2.03. The molecular formula is C31H20N4. The summed E-state index contributed by atoms with van der Waals surface area (Å²) in [7, 11) is 0. The minimum absolute atomic E-state index is 0.778. The SMILES string of the molecule is C1=Cc2nc3c(-c4ccccc4)nnc(-c4ccccc4)c3n3cc(-c4ccccc4)c(c23)C=C1. The molecule has 4 heteroatoms. The van der Waals surface area contributed by atoms with Gasteiger partial charge in [0, 0.05) is 28.5 Å². The zero-order valence-electron chi connectivity index (χ0n) is 18.8. The molecule has 3 aromatic carbocycles. The van der Waals surface area contributed by atoms with E-state index in [4.69, 9.17) is 15.2 Å². The summed E-state index contributed by atoms with van der Waals surface area (Å²) in [6.07, 6.45) is 10.6. The molecule has 0 radical (unpaired) electrons. The third kappa shape index (κ3) is 3.11. The number of hydrogen-bond acceptors (Lipinski definition) is 3. The van der Waals surface area contributed by atoms with E-state index in [1.807, 2.05) is 42.5 Å². The Morgan fingerprint density at radius 3 is 1.80 bits per heavy atom. The average molecular weight is 449 g/mol. The molecule has 0 amide bonds. The maximum atomic E-state index is 5.21. The number of hydrogen-bond donors (Lipinski definition) is 0. The molecule has 1 aliphatic carbocycles. The molecular weight excluding hydrogens is 428 g/mol. The van der Waals surface area contributed by atoms with Gasteiger partial charge in [-0.2, -0.15) is 0 Å². The van der Waals surface area contributed by atoms with E-state index in [1.165, 1.54) is 5.56 Å². The fourth-order valence-corrected chi connectivity index (χ4v) is 4.90. The Hall–Kier alpha value is -4.83. The first-order valence-electron chi connectivity index (χ1n) is 11.6. The van der Waals surface area contributed by atoms with Crippen LogP contribution in [0.25, 0.3) is 62.3 Å². The Morgan fingerprint density at radius 2 is 1.11 bits per heavy atom. The highest BCUT2D eigenvalue weighted by Crippen LogP contribution is 2.39. The second-order valence-electron chi connectivity index (χ2n) is 8.58. The normalized spacial score (nSPS) is 12.3. The molecule has 1 aliphatic rings. The van der Waals surface area contributed by atoms with Gasteiger partial charge in [0.2, 0.25) is 0 Å². The van der Waals surface area contributed by atoms with Crippen LogP contribution in [0, 0.1) is 0 Å². The highest BCUT2D eigenvalue weighted by molar-refractivity contribution is 6.02. The molecule has 0 atom stereocenters. The van der Waals surface area contributed by atoms with Gasteiger partial charge in [-0.05, 0) is 11.6 Å².